The third kappa shape index (κ3) is 5.14. The van der Waals surface area contributed by atoms with Crippen molar-refractivity contribution in [1.82, 2.24) is 30.0 Å². The Balaban J connectivity index is 0.000000433. The van der Waals surface area contributed by atoms with Crippen molar-refractivity contribution in [3.05, 3.63) is 46.2 Å². The zero-order chi connectivity index (χ0) is 22.5. The van der Waals surface area contributed by atoms with Crippen molar-refractivity contribution < 1.29 is 4.79 Å². The Morgan fingerprint density at radius 3 is 2.47 bits per heavy atom. The fourth-order valence-electron chi connectivity index (χ4n) is 3.90. The van der Waals surface area contributed by atoms with Gasteiger partial charge < -0.3 is 15.1 Å². The number of halogens is 2. The second-order valence-electron chi connectivity index (χ2n) is 7.95. The number of carbonyl (C=O) groups is 1. The minimum atomic E-state index is -0.122. The van der Waals surface area contributed by atoms with Gasteiger partial charge in [0.2, 0.25) is 6.41 Å². The fraction of sp³-hybridized carbons (Fsp3) is 0.455. The summed E-state index contributed by atoms with van der Waals surface area (Å²) in [7, 11) is 0. The number of benzene rings is 1. The van der Waals surface area contributed by atoms with E-state index >= 15 is 0 Å². The Morgan fingerprint density at radius 1 is 1.09 bits per heavy atom. The van der Waals surface area contributed by atoms with E-state index < -0.39 is 0 Å². The molecule has 32 heavy (non-hydrogen) atoms. The lowest BCUT2D eigenvalue weighted by Crippen LogP contribution is -2.46. The molecule has 8 nitrogen and oxygen atoms in total. The summed E-state index contributed by atoms with van der Waals surface area (Å²) < 4.78 is 1.82. The number of carbonyl (C=O) groups excluding carboxylic acids is 1. The van der Waals surface area contributed by atoms with E-state index in [1.807, 2.05) is 23.7 Å². The maximum atomic E-state index is 10.9. The van der Waals surface area contributed by atoms with Gasteiger partial charge in [0.15, 0.2) is 5.65 Å². The number of amides is 1. The second-order valence-corrected chi connectivity index (χ2v) is 8.80. The summed E-state index contributed by atoms with van der Waals surface area (Å²) in [4.78, 5) is 24.1. The molecule has 170 valence electrons. The molecule has 1 N–H and O–H groups in total. The lowest BCUT2D eigenvalue weighted by molar-refractivity contribution is -0.118. The van der Waals surface area contributed by atoms with Crippen LogP contribution in [0.4, 0.5) is 5.82 Å². The van der Waals surface area contributed by atoms with E-state index in [1.54, 1.807) is 23.4 Å². The lowest BCUT2D eigenvalue weighted by atomic mass is 10.1. The summed E-state index contributed by atoms with van der Waals surface area (Å²) in [6, 6.07) is 5.32. The molecular weight excluding hydrogens is 449 g/mol. The van der Waals surface area contributed by atoms with Crippen LogP contribution in [-0.2, 0) is 4.79 Å². The first-order chi connectivity index (χ1) is 15.6. The van der Waals surface area contributed by atoms with Gasteiger partial charge in [0.1, 0.15) is 11.3 Å². The summed E-state index contributed by atoms with van der Waals surface area (Å²) in [5, 5.41) is 8.88. The zero-order valence-corrected chi connectivity index (χ0v) is 19.6. The zero-order valence-electron chi connectivity index (χ0n) is 18.0. The highest BCUT2D eigenvalue weighted by Crippen LogP contribution is 2.30. The number of anilines is 1. The van der Waals surface area contributed by atoms with E-state index in [0.717, 1.165) is 36.4 Å². The summed E-state index contributed by atoms with van der Waals surface area (Å²) in [5.74, 6) is 0.782. The largest absolute Gasteiger partial charge is 0.352 e. The molecule has 4 heterocycles. The number of hydrogen-bond acceptors (Lipinski definition) is 6. The third-order valence-corrected chi connectivity index (χ3v) is 6.38. The van der Waals surface area contributed by atoms with Gasteiger partial charge in [0, 0.05) is 36.2 Å². The van der Waals surface area contributed by atoms with Crippen molar-refractivity contribution in [3.63, 3.8) is 0 Å². The molecule has 0 aliphatic carbocycles. The molecule has 1 atom stereocenters. The first-order valence-electron chi connectivity index (χ1n) is 10.9. The topological polar surface area (TPSA) is 79.2 Å². The van der Waals surface area contributed by atoms with Crippen molar-refractivity contribution in [1.29, 1.82) is 0 Å². The predicted octanol–water partition coefficient (Wildman–Crippen LogP) is 3.39. The average Bonchev–Trinajstić information content (AvgIpc) is 3.52. The van der Waals surface area contributed by atoms with Crippen molar-refractivity contribution in [2.24, 2.45) is 0 Å². The van der Waals surface area contributed by atoms with E-state index in [2.05, 4.69) is 20.3 Å². The quantitative estimate of drug-likeness (QED) is 0.582. The molecule has 1 aromatic carbocycles. The van der Waals surface area contributed by atoms with Gasteiger partial charge in [-0.05, 0) is 50.6 Å². The minimum absolute atomic E-state index is 0.122. The van der Waals surface area contributed by atoms with E-state index in [0.29, 0.717) is 28.8 Å². The first-order valence-corrected chi connectivity index (χ1v) is 11.6. The molecule has 2 fully saturated rings. The molecule has 2 aliphatic heterocycles. The van der Waals surface area contributed by atoms with Crippen molar-refractivity contribution in [3.8, 4) is 0 Å². The van der Waals surface area contributed by atoms with Crippen LogP contribution in [0.1, 0.15) is 31.4 Å². The van der Waals surface area contributed by atoms with Crippen LogP contribution in [0.25, 0.3) is 11.2 Å². The number of rotatable bonds is 4. The monoisotopic (exact) mass is 475 g/mol. The molecule has 0 spiro atoms. The fourth-order valence-corrected chi connectivity index (χ4v) is 4.47. The highest BCUT2D eigenvalue weighted by molar-refractivity contribution is 6.35. The van der Waals surface area contributed by atoms with E-state index in [9.17, 15) is 4.79 Å². The molecule has 3 aromatic rings. The second kappa shape index (κ2) is 10.5. The molecule has 5 rings (SSSR count). The van der Waals surface area contributed by atoms with Gasteiger partial charge in [-0.25, -0.2) is 14.6 Å². The maximum Gasteiger partial charge on any atom is 0.209 e. The standard InChI is InChI=1S/C18H18Cl2N6O.C4H9N/c1-12(14-3-2-13(19)8-15(14)20)26-18-16(9-22-26)21-10-17(23-18)25-6-4-24(11-27)5-7-25;1-2-4-5-3-1/h2-3,8-12H,4-7H2,1H3;5H,1-4H2/t12-;/m1./s1. The van der Waals surface area contributed by atoms with Gasteiger partial charge in [-0.1, -0.05) is 29.3 Å². The number of fused-ring (bicyclic) bond motifs is 1. The molecule has 0 bridgehead atoms. The number of nitrogens with one attached hydrogen (secondary N) is 1. The molecule has 2 aromatic heterocycles. The molecule has 2 saturated heterocycles. The third-order valence-electron chi connectivity index (χ3n) is 5.81. The van der Waals surface area contributed by atoms with Crippen LogP contribution in [0, 0.1) is 0 Å². The molecular formula is C22H27Cl2N7O. The van der Waals surface area contributed by atoms with Crippen molar-refractivity contribution in [2.45, 2.75) is 25.8 Å². The average molecular weight is 476 g/mol. The van der Waals surface area contributed by atoms with Crippen LogP contribution >= 0.6 is 23.2 Å². The Hall–Kier alpha value is -2.42. The van der Waals surface area contributed by atoms with Crippen molar-refractivity contribution >= 4 is 46.6 Å². The lowest BCUT2D eigenvalue weighted by Gasteiger charge is -2.33. The van der Waals surface area contributed by atoms with Crippen molar-refractivity contribution in [2.75, 3.05) is 44.2 Å². The normalized spacial score (nSPS) is 17.2. The van der Waals surface area contributed by atoms with Crippen LogP contribution in [0.5, 0.6) is 0 Å². The van der Waals surface area contributed by atoms with Gasteiger partial charge in [-0.2, -0.15) is 5.10 Å². The molecule has 0 radical (unpaired) electrons. The smallest absolute Gasteiger partial charge is 0.209 e. The van der Waals surface area contributed by atoms with Gasteiger partial charge in [0.25, 0.3) is 0 Å². The summed E-state index contributed by atoms with van der Waals surface area (Å²) in [6.07, 6.45) is 7.13. The van der Waals surface area contributed by atoms with Gasteiger partial charge in [0.05, 0.1) is 18.4 Å². The number of hydrogen-bond donors (Lipinski definition) is 1. The highest BCUT2D eigenvalue weighted by Gasteiger charge is 2.20. The summed E-state index contributed by atoms with van der Waals surface area (Å²) in [5.41, 5.74) is 2.34. The maximum absolute atomic E-state index is 10.9. The summed E-state index contributed by atoms with van der Waals surface area (Å²) in [6.45, 7) is 7.33. The molecule has 0 saturated carbocycles. The van der Waals surface area contributed by atoms with Gasteiger partial charge in [-0.3, -0.25) is 4.79 Å². The minimum Gasteiger partial charge on any atom is -0.352 e. The Kier molecular flexibility index (Phi) is 7.44. The van der Waals surface area contributed by atoms with Crippen LogP contribution < -0.4 is 10.2 Å². The van der Waals surface area contributed by atoms with Crippen LogP contribution in [-0.4, -0.2) is 70.3 Å². The Labute approximate surface area is 197 Å². The SMILES string of the molecule is C1CCNC1.C[C@H](c1ccc(Cl)cc1Cl)n1ncc2ncc(N3CCN(C=O)CC3)nc21. The van der Waals surface area contributed by atoms with Gasteiger partial charge in [-0.15, -0.1) is 0 Å². The Bertz CT molecular complexity index is 1050. The number of aromatic nitrogens is 4. The van der Waals surface area contributed by atoms with Crippen LogP contribution in [0.2, 0.25) is 10.0 Å². The van der Waals surface area contributed by atoms with E-state index in [1.165, 1.54) is 25.9 Å². The molecule has 1 amide bonds. The summed E-state index contributed by atoms with van der Waals surface area (Å²) >= 11 is 12.4. The molecule has 2 aliphatic rings. The predicted molar refractivity (Wildman–Crippen MR) is 128 cm³/mol. The van der Waals surface area contributed by atoms with Gasteiger partial charge >= 0.3 is 0 Å². The number of nitrogens with zero attached hydrogens (tertiary/aromatic N) is 6. The number of piperazine rings is 1. The van der Waals surface area contributed by atoms with Crippen LogP contribution in [0.15, 0.2) is 30.6 Å². The van der Waals surface area contributed by atoms with E-state index in [-0.39, 0.29) is 6.04 Å². The van der Waals surface area contributed by atoms with Crippen LogP contribution in [0.3, 0.4) is 0 Å². The molecule has 10 heteroatoms. The highest BCUT2D eigenvalue weighted by atomic mass is 35.5. The Morgan fingerprint density at radius 2 is 1.84 bits per heavy atom. The first kappa shape index (κ1) is 22.8. The van der Waals surface area contributed by atoms with E-state index in [4.69, 9.17) is 28.2 Å². The molecule has 0 unspecified atom stereocenters.